The van der Waals surface area contributed by atoms with Crippen LogP contribution in [0.4, 0.5) is 0 Å². The fourth-order valence-electron chi connectivity index (χ4n) is 3.59. The Kier molecular flexibility index (Phi) is 7.64. The molecule has 0 radical (unpaired) electrons. The van der Waals surface area contributed by atoms with Gasteiger partial charge in [0.1, 0.15) is 23.4 Å². The average molecular weight is 472 g/mol. The number of amidine groups is 1. The van der Waals surface area contributed by atoms with Crippen molar-refractivity contribution in [3.63, 3.8) is 0 Å². The number of carboxylic acid groups (broad SMARTS) is 2. The summed E-state index contributed by atoms with van der Waals surface area (Å²) < 4.78 is 10.8. The van der Waals surface area contributed by atoms with E-state index in [4.69, 9.17) is 30.5 Å². The highest BCUT2D eigenvalue weighted by molar-refractivity contribution is 5.95. The smallest absolute Gasteiger partial charge is 0.379 e. The van der Waals surface area contributed by atoms with E-state index in [-0.39, 0.29) is 23.9 Å². The number of nitrogens with one attached hydrogen (secondary N) is 2. The summed E-state index contributed by atoms with van der Waals surface area (Å²) in [6.45, 7) is 0.729. The summed E-state index contributed by atoms with van der Waals surface area (Å²) >= 11 is 0. The number of carbonyl (C=O) groups excluding carboxylic acids is 2. The van der Waals surface area contributed by atoms with Crippen LogP contribution >= 0.6 is 0 Å². The number of hydrogen-bond acceptors (Lipinski definition) is 8. The van der Waals surface area contributed by atoms with Crippen LogP contribution in [0.15, 0.2) is 40.8 Å². The maximum Gasteiger partial charge on any atom is 0.379 e. The van der Waals surface area contributed by atoms with E-state index in [9.17, 15) is 19.2 Å². The van der Waals surface area contributed by atoms with E-state index in [2.05, 4.69) is 5.32 Å². The zero-order valence-corrected chi connectivity index (χ0v) is 18.0. The van der Waals surface area contributed by atoms with Crippen molar-refractivity contribution in [1.82, 2.24) is 10.2 Å². The van der Waals surface area contributed by atoms with Crippen LogP contribution in [0.5, 0.6) is 5.75 Å². The first-order chi connectivity index (χ1) is 16.1. The van der Waals surface area contributed by atoms with E-state index >= 15 is 0 Å². The van der Waals surface area contributed by atoms with Gasteiger partial charge in [0.2, 0.25) is 11.7 Å². The number of aliphatic carboxylic acids is 2. The molecule has 12 heteroatoms. The molecule has 1 saturated heterocycles. The van der Waals surface area contributed by atoms with Crippen LogP contribution in [0.3, 0.4) is 0 Å². The lowest BCUT2D eigenvalue weighted by atomic mass is 10.1. The molecule has 34 heavy (non-hydrogen) atoms. The Balaban J connectivity index is 1.60. The number of esters is 1. The average Bonchev–Trinajstić information content (AvgIpc) is 3.43. The van der Waals surface area contributed by atoms with Crippen molar-refractivity contribution in [3.8, 4) is 5.75 Å². The van der Waals surface area contributed by atoms with Gasteiger partial charge in [-0.1, -0.05) is 0 Å². The van der Waals surface area contributed by atoms with Crippen LogP contribution < -0.4 is 15.8 Å². The SMILES string of the molecule is N=C(N)c1ccc(OC(=O)c2ccc(CN3CCC[C@H]3C(=O)N[C@H](CC(=O)O)C(=O)O)o2)cc1. The molecule has 2 atom stereocenters. The van der Waals surface area contributed by atoms with Crippen LogP contribution in [-0.2, 0) is 20.9 Å². The fourth-order valence-corrected chi connectivity index (χ4v) is 3.59. The summed E-state index contributed by atoms with van der Waals surface area (Å²) in [5.74, 6) is -3.56. The van der Waals surface area contributed by atoms with Crippen molar-refractivity contribution in [1.29, 1.82) is 5.41 Å². The van der Waals surface area contributed by atoms with Gasteiger partial charge < -0.3 is 30.4 Å². The fraction of sp³-hybridized carbons (Fsp3) is 0.318. The van der Waals surface area contributed by atoms with E-state index in [1.165, 1.54) is 18.2 Å². The lowest BCUT2D eigenvalue weighted by Crippen LogP contribution is -2.49. The maximum absolute atomic E-state index is 12.6. The standard InChI is InChI=1S/C22H24N4O8/c23-19(24)12-3-5-13(6-4-12)34-22(32)17-8-7-14(33-17)11-26-9-1-2-16(26)20(29)25-15(21(30)31)10-18(27)28/h3-8,15-16H,1-2,9-11H2,(H3,23,24)(H,25,29)(H,27,28)(H,30,31)/t15-,16+/m1/s1. The predicted molar refractivity (Wildman–Crippen MR) is 116 cm³/mol. The largest absolute Gasteiger partial charge is 0.481 e. The van der Waals surface area contributed by atoms with Crippen molar-refractivity contribution in [2.24, 2.45) is 5.73 Å². The number of likely N-dealkylation sites (tertiary alicyclic amines) is 1. The van der Waals surface area contributed by atoms with Gasteiger partial charge in [0.05, 0.1) is 19.0 Å². The molecule has 1 aromatic carbocycles. The normalized spacial score (nSPS) is 16.5. The maximum atomic E-state index is 12.6. The molecule has 0 unspecified atom stereocenters. The first-order valence-electron chi connectivity index (χ1n) is 10.4. The first kappa shape index (κ1) is 24.5. The second-order valence-electron chi connectivity index (χ2n) is 7.72. The number of furan rings is 1. The van der Waals surface area contributed by atoms with Gasteiger partial charge in [-0.3, -0.25) is 19.9 Å². The molecule has 0 saturated carbocycles. The Morgan fingerprint density at radius 2 is 1.88 bits per heavy atom. The summed E-state index contributed by atoms with van der Waals surface area (Å²) in [6, 6.07) is 6.93. The number of ether oxygens (including phenoxy) is 1. The first-order valence-corrected chi connectivity index (χ1v) is 10.4. The van der Waals surface area contributed by atoms with Crippen LogP contribution in [0.25, 0.3) is 0 Å². The van der Waals surface area contributed by atoms with Crippen LogP contribution in [-0.4, -0.2) is 63.4 Å². The van der Waals surface area contributed by atoms with Gasteiger partial charge in [-0.05, 0) is 55.8 Å². The lowest BCUT2D eigenvalue weighted by molar-refractivity contribution is -0.147. The van der Waals surface area contributed by atoms with Gasteiger partial charge in [0.25, 0.3) is 0 Å². The second kappa shape index (κ2) is 10.6. The van der Waals surface area contributed by atoms with Gasteiger partial charge in [-0.15, -0.1) is 0 Å². The minimum absolute atomic E-state index is 0.0433. The Labute approximate surface area is 193 Å². The molecule has 2 aromatic rings. The monoisotopic (exact) mass is 472 g/mol. The minimum Gasteiger partial charge on any atom is -0.481 e. The summed E-state index contributed by atoms with van der Waals surface area (Å²) in [5, 5.41) is 27.6. The Morgan fingerprint density at radius 1 is 1.18 bits per heavy atom. The molecule has 12 nitrogen and oxygen atoms in total. The number of nitrogens with zero attached hydrogens (tertiary/aromatic N) is 1. The molecular weight excluding hydrogens is 448 g/mol. The van der Waals surface area contributed by atoms with Crippen molar-refractivity contribution >= 4 is 29.7 Å². The molecular formula is C22H24N4O8. The summed E-state index contributed by atoms with van der Waals surface area (Å²) in [7, 11) is 0. The van der Waals surface area contributed by atoms with E-state index < -0.39 is 42.3 Å². The molecule has 0 bridgehead atoms. The molecule has 180 valence electrons. The molecule has 1 fully saturated rings. The summed E-state index contributed by atoms with van der Waals surface area (Å²) in [6.07, 6.45) is 0.423. The quantitative estimate of drug-likeness (QED) is 0.143. The summed E-state index contributed by atoms with van der Waals surface area (Å²) in [5.41, 5.74) is 5.88. The van der Waals surface area contributed by atoms with Gasteiger partial charge in [-0.25, -0.2) is 9.59 Å². The van der Waals surface area contributed by atoms with Crippen molar-refractivity contribution in [2.75, 3.05) is 6.54 Å². The molecule has 6 N–H and O–H groups in total. The number of benzene rings is 1. The number of nitrogen functional groups attached to an aromatic ring is 1. The molecule has 0 aliphatic carbocycles. The van der Waals surface area contributed by atoms with Gasteiger partial charge in [0, 0.05) is 5.56 Å². The number of carbonyl (C=O) groups is 4. The van der Waals surface area contributed by atoms with Gasteiger partial charge >= 0.3 is 17.9 Å². The number of carboxylic acids is 2. The Bertz CT molecular complexity index is 1090. The number of hydrogen-bond donors (Lipinski definition) is 5. The molecule has 1 aliphatic rings. The Hall–Kier alpha value is -4.19. The highest BCUT2D eigenvalue weighted by Crippen LogP contribution is 2.22. The number of nitrogens with two attached hydrogens (primary N) is 1. The van der Waals surface area contributed by atoms with E-state index in [0.29, 0.717) is 30.7 Å². The summed E-state index contributed by atoms with van der Waals surface area (Å²) in [4.78, 5) is 48.8. The van der Waals surface area contributed by atoms with Gasteiger partial charge in [-0.2, -0.15) is 0 Å². The molecule has 0 spiro atoms. The lowest BCUT2D eigenvalue weighted by Gasteiger charge is -2.24. The molecule has 2 heterocycles. The van der Waals surface area contributed by atoms with Crippen molar-refractivity contribution < 1.29 is 38.5 Å². The van der Waals surface area contributed by atoms with E-state index in [0.717, 1.165) is 0 Å². The highest BCUT2D eigenvalue weighted by Gasteiger charge is 2.34. The van der Waals surface area contributed by atoms with Crippen LogP contribution in [0.1, 0.15) is 41.1 Å². The molecule has 1 aliphatic heterocycles. The Morgan fingerprint density at radius 3 is 2.50 bits per heavy atom. The van der Waals surface area contributed by atoms with Crippen molar-refractivity contribution in [3.05, 3.63) is 53.5 Å². The third kappa shape index (κ3) is 6.19. The molecule has 1 amide bonds. The minimum atomic E-state index is -1.53. The number of amides is 1. The predicted octanol–water partition coefficient (Wildman–Crippen LogP) is 0.791. The third-order valence-electron chi connectivity index (χ3n) is 5.26. The van der Waals surface area contributed by atoms with Crippen LogP contribution in [0.2, 0.25) is 0 Å². The number of rotatable bonds is 10. The topological polar surface area (TPSA) is 196 Å². The van der Waals surface area contributed by atoms with E-state index in [1.54, 1.807) is 23.1 Å². The van der Waals surface area contributed by atoms with Crippen molar-refractivity contribution in [2.45, 2.75) is 37.9 Å². The van der Waals surface area contributed by atoms with Gasteiger partial charge in [0.15, 0.2) is 0 Å². The van der Waals surface area contributed by atoms with E-state index in [1.807, 2.05) is 0 Å². The van der Waals surface area contributed by atoms with Crippen LogP contribution in [0, 0.1) is 5.41 Å². The second-order valence-corrected chi connectivity index (χ2v) is 7.72. The molecule has 3 rings (SSSR count). The molecule has 1 aromatic heterocycles. The highest BCUT2D eigenvalue weighted by atomic mass is 16.5. The zero-order chi connectivity index (χ0) is 24.8. The zero-order valence-electron chi connectivity index (χ0n) is 18.0. The third-order valence-corrected chi connectivity index (χ3v) is 5.26.